The van der Waals surface area contributed by atoms with Crippen molar-refractivity contribution in [3.8, 4) is 23.0 Å². The largest absolute Gasteiger partial charge is 0.504 e. The molecule has 5 N–H and O–H groups in total. The maximum atomic E-state index is 11.5. The Kier molecular flexibility index (Phi) is 9.24. The van der Waals surface area contributed by atoms with Crippen LogP contribution in [0.3, 0.4) is 0 Å². The van der Waals surface area contributed by atoms with E-state index < -0.39 is 24.1 Å². The number of aliphatic hydroxyl groups excluding tert-OH is 3. The number of fused-ring (bicyclic) bond motifs is 4. The maximum absolute atomic E-state index is 11.5. The lowest BCUT2D eigenvalue weighted by atomic mass is 9.72. The molecule has 0 amide bonds. The van der Waals surface area contributed by atoms with Crippen LogP contribution < -0.4 is 14.2 Å². The van der Waals surface area contributed by atoms with E-state index in [1.807, 2.05) is 6.07 Å². The molecule has 0 spiro atoms. The molecule has 2 aromatic rings. The highest BCUT2D eigenvalue weighted by atomic mass is 16.6. The van der Waals surface area contributed by atoms with Crippen molar-refractivity contribution in [1.82, 2.24) is 9.80 Å². The Morgan fingerprint density at radius 2 is 1.56 bits per heavy atom. The number of piperidine rings is 1. The third kappa shape index (κ3) is 5.88. The van der Waals surface area contributed by atoms with Gasteiger partial charge in [0.15, 0.2) is 23.0 Å². The van der Waals surface area contributed by atoms with E-state index in [9.17, 15) is 25.5 Å². The molecule has 45 heavy (non-hydrogen) atoms. The molecule has 0 aliphatic carbocycles. The van der Waals surface area contributed by atoms with Gasteiger partial charge in [-0.15, -0.1) is 0 Å². The first kappa shape index (κ1) is 32.3. The third-order valence-corrected chi connectivity index (χ3v) is 10.8. The van der Waals surface area contributed by atoms with Gasteiger partial charge in [-0.25, -0.2) is 0 Å². The SMILES string of the molecule is CCC1CN2CCc3cc(OC)c(OC)cc3C2CC1CC1c2cc(OC)c(O)cc2CCN1CC1(O)OCC(O)C(O)C1O. The third-order valence-electron chi connectivity index (χ3n) is 10.8. The smallest absolute Gasteiger partial charge is 0.207 e. The van der Waals surface area contributed by atoms with Crippen molar-refractivity contribution in [3.63, 3.8) is 0 Å². The van der Waals surface area contributed by atoms with Crippen LogP contribution in [0, 0.1) is 11.8 Å². The summed E-state index contributed by atoms with van der Waals surface area (Å²) >= 11 is 0. The van der Waals surface area contributed by atoms with Crippen LogP contribution in [0.1, 0.15) is 60.5 Å². The van der Waals surface area contributed by atoms with E-state index in [0.29, 0.717) is 30.6 Å². The highest BCUT2D eigenvalue weighted by Gasteiger charge is 2.51. The predicted octanol–water partition coefficient (Wildman–Crippen LogP) is 2.15. The Balaban J connectivity index is 1.34. The molecular formula is C34H48N2O9. The van der Waals surface area contributed by atoms with Crippen molar-refractivity contribution < 1.29 is 44.5 Å². The number of benzene rings is 2. The van der Waals surface area contributed by atoms with Crippen LogP contribution in [0.25, 0.3) is 0 Å². The lowest BCUT2D eigenvalue weighted by molar-refractivity contribution is -0.326. The van der Waals surface area contributed by atoms with Crippen LogP contribution in [0.4, 0.5) is 0 Å². The molecule has 248 valence electrons. The number of hydrogen-bond acceptors (Lipinski definition) is 11. The zero-order valence-corrected chi connectivity index (χ0v) is 26.7. The zero-order chi connectivity index (χ0) is 32.0. The lowest BCUT2D eigenvalue weighted by Crippen LogP contribution is -2.65. The van der Waals surface area contributed by atoms with Crippen molar-refractivity contribution in [2.75, 3.05) is 54.1 Å². The van der Waals surface area contributed by atoms with E-state index in [1.54, 1.807) is 20.3 Å². The fourth-order valence-electron chi connectivity index (χ4n) is 8.26. The summed E-state index contributed by atoms with van der Waals surface area (Å²) in [5.41, 5.74) is 4.61. The summed E-state index contributed by atoms with van der Waals surface area (Å²) < 4.78 is 22.4. The zero-order valence-electron chi connectivity index (χ0n) is 26.7. The molecule has 6 rings (SSSR count). The molecule has 4 aliphatic heterocycles. The van der Waals surface area contributed by atoms with E-state index in [1.165, 1.54) is 18.2 Å². The summed E-state index contributed by atoms with van der Waals surface area (Å²) in [6, 6.07) is 7.98. The summed E-state index contributed by atoms with van der Waals surface area (Å²) in [6.45, 7) is 4.44. The van der Waals surface area contributed by atoms with Crippen LogP contribution >= 0.6 is 0 Å². The minimum Gasteiger partial charge on any atom is -0.504 e. The molecule has 4 aliphatic rings. The minimum absolute atomic E-state index is 0.0515. The molecule has 0 bridgehead atoms. The Hall–Kier alpha value is -2.64. The number of β-amino-alcohol motifs (C(OH)–C–C–N with tert-alkyl or cyclic N) is 1. The highest BCUT2D eigenvalue weighted by Crippen LogP contribution is 2.49. The van der Waals surface area contributed by atoms with E-state index in [2.05, 4.69) is 28.9 Å². The summed E-state index contributed by atoms with van der Waals surface area (Å²) in [6.07, 6.45) is -0.134. The van der Waals surface area contributed by atoms with Gasteiger partial charge >= 0.3 is 0 Å². The first-order valence-corrected chi connectivity index (χ1v) is 16.1. The van der Waals surface area contributed by atoms with Gasteiger partial charge in [0.1, 0.15) is 18.3 Å². The molecule has 0 saturated carbocycles. The summed E-state index contributed by atoms with van der Waals surface area (Å²) in [5.74, 6) is 0.680. The molecule has 0 aromatic heterocycles. The van der Waals surface area contributed by atoms with E-state index in [4.69, 9.17) is 18.9 Å². The fraction of sp³-hybridized carbons (Fsp3) is 0.647. The first-order valence-electron chi connectivity index (χ1n) is 16.1. The summed E-state index contributed by atoms with van der Waals surface area (Å²) in [7, 11) is 4.87. The Morgan fingerprint density at radius 3 is 2.27 bits per heavy atom. The lowest BCUT2D eigenvalue weighted by Gasteiger charge is -2.50. The number of phenols is 1. The first-order chi connectivity index (χ1) is 21.6. The Labute approximate surface area is 264 Å². The van der Waals surface area contributed by atoms with Crippen LogP contribution in [-0.4, -0.2) is 114 Å². The summed E-state index contributed by atoms with van der Waals surface area (Å²) in [4.78, 5) is 4.72. The number of hydrogen-bond donors (Lipinski definition) is 5. The molecule has 4 heterocycles. The van der Waals surface area contributed by atoms with Crippen LogP contribution in [0.2, 0.25) is 0 Å². The standard InChI is InChI=1S/C34H48N2O9/c1-5-19-16-35-8-6-21-13-30(43-3)31(44-4)15-24(21)25(35)10-22(19)11-26-23-14-29(42-2)27(37)12-20(23)7-9-36(26)18-34(41)33(40)32(39)28(38)17-45-34/h12-15,19,22,25-26,28,32-33,37-41H,5-11,16-18H2,1-4H3. The molecule has 0 radical (unpaired) electrons. The van der Waals surface area contributed by atoms with Gasteiger partial charge in [0, 0.05) is 31.7 Å². The number of aliphatic hydroxyl groups is 4. The number of nitrogens with zero attached hydrogens (tertiary/aromatic N) is 2. The van der Waals surface area contributed by atoms with Crippen molar-refractivity contribution in [2.24, 2.45) is 11.8 Å². The average molecular weight is 629 g/mol. The van der Waals surface area contributed by atoms with Gasteiger partial charge < -0.3 is 44.5 Å². The number of phenolic OH excluding ortho intramolecular Hbond substituents is 1. The predicted molar refractivity (Wildman–Crippen MR) is 166 cm³/mol. The number of ether oxygens (including phenoxy) is 4. The molecule has 11 nitrogen and oxygen atoms in total. The van der Waals surface area contributed by atoms with E-state index in [-0.39, 0.29) is 31.0 Å². The number of rotatable bonds is 8. The van der Waals surface area contributed by atoms with Crippen molar-refractivity contribution in [3.05, 3.63) is 46.5 Å². The quantitative estimate of drug-likeness (QED) is 0.293. The average Bonchev–Trinajstić information content (AvgIpc) is 3.05. The number of aromatic hydroxyl groups is 1. The normalized spacial score (nSPS) is 33.6. The summed E-state index contributed by atoms with van der Waals surface area (Å²) in [5, 5.41) is 53.3. The monoisotopic (exact) mass is 628 g/mol. The van der Waals surface area contributed by atoms with E-state index in [0.717, 1.165) is 61.4 Å². The second-order valence-electron chi connectivity index (χ2n) is 13.2. The van der Waals surface area contributed by atoms with Crippen LogP contribution in [0.5, 0.6) is 23.0 Å². The van der Waals surface area contributed by atoms with Crippen LogP contribution in [0.15, 0.2) is 24.3 Å². The van der Waals surface area contributed by atoms with Gasteiger partial charge in [0.05, 0.1) is 34.5 Å². The number of methoxy groups -OCH3 is 3. The van der Waals surface area contributed by atoms with Gasteiger partial charge in [0.25, 0.3) is 0 Å². The van der Waals surface area contributed by atoms with Crippen molar-refractivity contribution in [2.45, 2.75) is 75.2 Å². The fourth-order valence-corrected chi connectivity index (χ4v) is 8.26. The molecule has 2 aromatic carbocycles. The molecule has 2 fully saturated rings. The second-order valence-corrected chi connectivity index (χ2v) is 13.2. The second kappa shape index (κ2) is 12.9. The van der Waals surface area contributed by atoms with Gasteiger partial charge in [-0.2, -0.15) is 0 Å². The van der Waals surface area contributed by atoms with Crippen molar-refractivity contribution >= 4 is 0 Å². The van der Waals surface area contributed by atoms with E-state index >= 15 is 0 Å². The van der Waals surface area contributed by atoms with Crippen molar-refractivity contribution in [1.29, 1.82) is 0 Å². The maximum Gasteiger partial charge on any atom is 0.207 e. The van der Waals surface area contributed by atoms with Gasteiger partial charge in [0.2, 0.25) is 5.79 Å². The molecule has 11 heteroatoms. The molecule has 2 saturated heterocycles. The van der Waals surface area contributed by atoms with Gasteiger partial charge in [-0.05, 0) is 84.0 Å². The van der Waals surface area contributed by atoms with Gasteiger partial charge in [-0.1, -0.05) is 13.3 Å². The minimum atomic E-state index is -2.05. The molecular weight excluding hydrogens is 580 g/mol. The Bertz CT molecular complexity index is 1370. The van der Waals surface area contributed by atoms with Crippen LogP contribution in [-0.2, 0) is 17.6 Å². The Morgan fingerprint density at radius 1 is 0.889 bits per heavy atom. The topological polar surface area (TPSA) is 145 Å². The van der Waals surface area contributed by atoms with Gasteiger partial charge in [-0.3, -0.25) is 9.80 Å². The molecule has 8 atom stereocenters. The molecule has 8 unspecified atom stereocenters. The highest BCUT2D eigenvalue weighted by molar-refractivity contribution is 5.50.